The van der Waals surface area contributed by atoms with Crippen LogP contribution in [0.2, 0.25) is 0 Å². The van der Waals surface area contributed by atoms with Crippen molar-refractivity contribution < 1.29 is 4.79 Å². The van der Waals surface area contributed by atoms with Gasteiger partial charge in [-0.05, 0) is 62.0 Å². The second kappa shape index (κ2) is 12.3. The van der Waals surface area contributed by atoms with Crippen LogP contribution in [0, 0.1) is 17.8 Å². The number of rotatable bonds is 6. The largest absolute Gasteiger partial charge is 0.343 e. The molecule has 4 rings (SSSR count). The Hall–Kier alpha value is -0.810. The molecule has 2 unspecified atom stereocenters. The molecule has 3 aliphatic rings. The van der Waals surface area contributed by atoms with Crippen LogP contribution in [0.25, 0.3) is 0 Å². The molecule has 3 heterocycles. The number of benzene rings is 1. The summed E-state index contributed by atoms with van der Waals surface area (Å²) in [6.45, 7) is 8.88. The smallest absolute Gasteiger partial charge is 0.222 e. The Bertz CT molecular complexity index is 637. The number of halogens is 2. The summed E-state index contributed by atoms with van der Waals surface area (Å²) in [6, 6.07) is 11.5. The molecule has 30 heavy (non-hydrogen) atoms. The Balaban J connectivity index is 0.00000160. The van der Waals surface area contributed by atoms with Gasteiger partial charge in [0.1, 0.15) is 0 Å². The third-order valence-corrected chi connectivity index (χ3v) is 7.17. The van der Waals surface area contributed by atoms with Crippen molar-refractivity contribution in [3.8, 4) is 0 Å². The first-order valence-electron chi connectivity index (χ1n) is 11.4. The predicted octanol–water partition coefficient (Wildman–Crippen LogP) is 4.37. The molecule has 3 aliphatic heterocycles. The first kappa shape index (κ1) is 25.5. The third kappa shape index (κ3) is 6.85. The van der Waals surface area contributed by atoms with Crippen molar-refractivity contribution in [2.45, 2.75) is 58.0 Å². The van der Waals surface area contributed by atoms with Crippen LogP contribution in [0.15, 0.2) is 30.3 Å². The summed E-state index contributed by atoms with van der Waals surface area (Å²) >= 11 is 0. The van der Waals surface area contributed by atoms with E-state index in [-0.39, 0.29) is 24.8 Å². The Labute approximate surface area is 195 Å². The van der Waals surface area contributed by atoms with Gasteiger partial charge in [-0.1, -0.05) is 37.3 Å². The van der Waals surface area contributed by atoms with Crippen LogP contribution < -0.4 is 5.32 Å². The van der Waals surface area contributed by atoms with Gasteiger partial charge in [-0.15, -0.1) is 24.8 Å². The monoisotopic (exact) mass is 455 g/mol. The lowest BCUT2D eigenvalue weighted by atomic mass is 9.79. The van der Waals surface area contributed by atoms with Crippen molar-refractivity contribution in [2.75, 3.05) is 32.7 Å². The van der Waals surface area contributed by atoms with Crippen molar-refractivity contribution >= 4 is 30.7 Å². The number of piperidine rings is 3. The van der Waals surface area contributed by atoms with Crippen molar-refractivity contribution in [1.82, 2.24) is 15.1 Å². The Morgan fingerprint density at radius 2 is 1.83 bits per heavy atom. The average molecular weight is 457 g/mol. The summed E-state index contributed by atoms with van der Waals surface area (Å²) in [6.07, 6.45) is 6.62. The highest BCUT2D eigenvalue weighted by molar-refractivity contribution is 5.85. The van der Waals surface area contributed by atoms with Gasteiger partial charge in [0.15, 0.2) is 0 Å². The molecule has 0 saturated carbocycles. The van der Waals surface area contributed by atoms with Crippen LogP contribution in [0.5, 0.6) is 0 Å². The van der Waals surface area contributed by atoms with E-state index >= 15 is 0 Å². The van der Waals surface area contributed by atoms with Crippen molar-refractivity contribution in [3.63, 3.8) is 0 Å². The molecule has 6 heteroatoms. The van der Waals surface area contributed by atoms with Crippen LogP contribution in [0.1, 0.15) is 51.0 Å². The van der Waals surface area contributed by atoms with Crippen LogP contribution in [0.4, 0.5) is 0 Å². The summed E-state index contributed by atoms with van der Waals surface area (Å²) < 4.78 is 0. The van der Waals surface area contributed by atoms with E-state index in [1.54, 1.807) is 0 Å². The number of nitrogens with zero attached hydrogens (tertiary/aromatic N) is 2. The fraction of sp³-hybridized carbons (Fsp3) is 0.708. The molecule has 3 saturated heterocycles. The molecule has 3 atom stereocenters. The lowest BCUT2D eigenvalue weighted by molar-refractivity contribution is -0.132. The molecule has 0 aliphatic carbocycles. The second-order valence-electron chi connectivity index (χ2n) is 9.51. The number of nitrogens with one attached hydrogen (secondary N) is 1. The number of hydrogen-bond donors (Lipinski definition) is 1. The zero-order chi connectivity index (χ0) is 19.3. The van der Waals surface area contributed by atoms with Gasteiger partial charge in [0.2, 0.25) is 5.91 Å². The van der Waals surface area contributed by atoms with E-state index in [4.69, 9.17) is 0 Å². The maximum absolute atomic E-state index is 12.5. The maximum atomic E-state index is 12.5. The van der Waals surface area contributed by atoms with E-state index < -0.39 is 0 Å². The van der Waals surface area contributed by atoms with Gasteiger partial charge in [0.25, 0.3) is 0 Å². The van der Waals surface area contributed by atoms with Crippen molar-refractivity contribution in [3.05, 3.63) is 35.9 Å². The average Bonchev–Trinajstić information content (AvgIpc) is 2.71. The van der Waals surface area contributed by atoms with Gasteiger partial charge >= 0.3 is 0 Å². The third-order valence-electron chi connectivity index (χ3n) is 7.17. The van der Waals surface area contributed by atoms with E-state index in [0.717, 1.165) is 63.2 Å². The Kier molecular flexibility index (Phi) is 10.4. The fourth-order valence-corrected chi connectivity index (χ4v) is 5.47. The summed E-state index contributed by atoms with van der Waals surface area (Å²) in [5.41, 5.74) is 1.42. The summed E-state index contributed by atoms with van der Waals surface area (Å²) in [7, 11) is 0. The van der Waals surface area contributed by atoms with Crippen LogP contribution >= 0.6 is 24.8 Å². The van der Waals surface area contributed by atoms with Gasteiger partial charge in [0, 0.05) is 45.2 Å². The topological polar surface area (TPSA) is 35.6 Å². The number of fused-ring (bicyclic) bond motifs is 2. The second-order valence-corrected chi connectivity index (χ2v) is 9.51. The number of carbonyl (C=O) groups is 1. The number of carbonyl (C=O) groups excluding carboxylic acids is 1. The summed E-state index contributed by atoms with van der Waals surface area (Å²) in [5.74, 6) is 2.70. The molecule has 2 bridgehead atoms. The molecule has 0 spiro atoms. The quantitative estimate of drug-likeness (QED) is 0.691. The highest BCUT2D eigenvalue weighted by Gasteiger charge is 2.36. The molecular formula is C24H39Cl2N3O. The highest BCUT2D eigenvalue weighted by Crippen LogP contribution is 2.31. The zero-order valence-corrected chi connectivity index (χ0v) is 19.9. The molecule has 0 radical (unpaired) electrons. The van der Waals surface area contributed by atoms with Crippen LogP contribution in [0.3, 0.4) is 0 Å². The number of amides is 1. The minimum Gasteiger partial charge on any atom is -0.343 e. The van der Waals surface area contributed by atoms with E-state index in [2.05, 4.69) is 52.4 Å². The maximum Gasteiger partial charge on any atom is 0.222 e. The van der Waals surface area contributed by atoms with Gasteiger partial charge in [-0.25, -0.2) is 0 Å². The molecular weight excluding hydrogens is 417 g/mol. The zero-order valence-electron chi connectivity index (χ0n) is 18.3. The van der Waals surface area contributed by atoms with E-state index in [1.165, 1.54) is 37.9 Å². The lowest BCUT2D eigenvalue weighted by Gasteiger charge is -2.46. The SMILES string of the molecule is CC1CCN(C(=O)CCC[C@H]2NCC3CC2CN(Cc2ccccc2)C3)CC1.Cl.Cl. The molecule has 1 aromatic rings. The molecule has 4 nitrogen and oxygen atoms in total. The van der Waals surface area contributed by atoms with Gasteiger partial charge in [0.05, 0.1) is 0 Å². The molecule has 3 fully saturated rings. The van der Waals surface area contributed by atoms with Crippen molar-refractivity contribution in [1.29, 1.82) is 0 Å². The minimum absolute atomic E-state index is 0. The van der Waals surface area contributed by atoms with Crippen LogP contribution in [-0.4, -0.2) is 54.5 Å². The predicted molar refractivity (Wildman–Crippen MR) is 128 cm³/mol. The van der Waals surface area contributed by atoms with Crippen LogP contribution in [-0.2, 0) is 11.3 Å². The fourth-order valence-electron chi connectivity index (χ4n) is 5.47. The summed E-state index contributed by atoms with van der Waals surface area (Å²) in [4.78, 5) is 17.3. The molecule has 1 N–H and O–H groups in total. The Morgan fingerprint density at radius 3 is 2.57 bits per heavy atom. The highest BCUT2D eigenvalue weighted by atomic mass is 35.5. The molecule has 1 amide bonds. The van der Waals surface area contributed by atoms with E-state index in [1.807, 2.05) is 0 Å². The lowest BCUT2D eigenvalue weighted by Crippen LogP contribution is -2.55. The number of hydrogen-bond acceptors (Lipinski definition) is 3. The molecule has 170 valence electrons. The minimum atomic E-state index is 0. The summed E-state index contributed by atoms with van der Waals surface area (Å²) in [5, 5.41) is 3.81. The van der Waals surface area contributed by atoms with E-state index in [0.29, 0.717) is 11.9 Å². The standard InChI is InChI=1S/C24H37N3O.2ClH/c1-19-10-12-27(13-11-19)24(28)9-5-8-23-22-14-21(15-25-23)17-26(18-22)16-20-6-3-2-4-7-20;;/h2-4,6-7,19,21-23,25H,5,8-18H2,1H3;2*1H/t21?,22?,23-;;/m1../s1. The normalized spacial score (nSPS) is 27.1. The first-order chi connectivity index (χ1) is 13.7. The molecule has 1 aromatic carbocycles. The van der Waals surface area contributed by atoms with E-state index in [9.17, 15) is 4.79 Å². The molecule has 0 aromatic heterocycles. The van der Waals surface area contributed by atoms with Gasteiger partial charge < -0.3 is 10.2 Å². The Morgan fingerprint density at radius 1 is 1.10 bits per heavy atom. The van der Waals surface area contributed by atoms with Gasteiger partial charge in [-0.3, -0.25) is 9.69 Å². The van der Waals surface area contributed by atoms with Crippen molar-refractivity contribution in [2.24, 2.45) is 17.8 Å². The first-order valence-corrected chi connectivity index (χ1v) is 11.4. The van der Waals surface area contributed by atoms with Gasteiger partial charge in [-0.2, -0.15) is 0 Å². The number of likely N-dealkylation sites (tertiary alicyclic amines) is 2.